The Balaban J connectivity index is 1.77. The summed E-state index contributed by atoms with van der Waals surface area (Å²) in [7, 11) is 0. The maximum absolute atomic E-state index is 12.5. The molecule has 4 nitrogen and oxygen atoms in total. The van der Waals surface area contributed by atoms with Crippen LogP contribution in [0.1, 0.15) is 53.0 Å². The topological polar surface area (TPSA) is 54.9 Å². The molecule has 6 heteroatoms. The molecule has 1 unspecified atom stereocenters. The Bertz CT molecular complexity index is 697. The number of amides is 1. The number of aromatic nitrogens is 2. The number of nitrogens with zero attached hydrogens (tertiary/aromatic N) is 2. The molecule has 0 spiro atoms. The van der Waals surface area contributed by atoms with Gasteiger partial charge in [0.25, 0.3) is 5.91 Å². The van der Waals surface area contributed by atoms with Crippen molar-refractivity contribution in [2.45, 2.75) is 47.0 Å². The quantitative estimate of drug-likeness (QED) is 0.889. The minimum Gasteiger partial charge on any atom is -0.296 e. The molecule has 1 N–H and O–H groups in total. The van der Waals surface area contributed by atoms with Crippen LogP contribution in [0, 0.1) is 18.3 Å². The number of hydrogen-bond donors (Lipinski definition) is 1. The van der Waals surface area contributed by atoms with Crippen LogP contribution in [0.5, 0.6) is 0 Å². The summed E-state index contributed by atoms with van der Waals surface area (Å²) in [6.45, 7) is 8.80. The number of carbonyl (C=O) groups is 1. The van der Waals surface area contributed by atoms with Gasteiger partial charge in [-0.05, 0) is 43.1 Å². The summed E-state index contributed by atoms with van der Waals surface area (Å²) in [5, 5.41) is 14.2. The first-order valence-corrected chi connectivity index (χ1v) is 9.25. The van der Waals surface area contributed by atoms with Crippen molar-refractivity contribution in [1.82, 2.24) is 10.2 Å². The fourth-order valence-corrected chi connectivity index (χ4v) is 4.70. The van der Waals surface area contributed by atoms with Gasteiger partial charge in [-0.1, -0.05) is 32.1 Å². The van der Waals surface area contributed by atoms with Gasteiger partial charge in [0.2, 0.25) is 5.13 Å². The second-order valence-corrected chi connectivity index (χ2v) is 9.08. The van der Waals surface area contributed by atoms with Gasteiger partial charge in [-0.25, -0.2) is 0 Å². The maximum atomic E-state index is 12.5. The van der Waals surface area contributed by atoms with Crippen molar-refractivity contribution in [3.8, 4) is 0 Å². The molecule has 0 saturated carbocycles. The summed E-state index contributed by atoms with van der Waals surface area (Å²) in [6.07, 6.45) is 3.25. The van der Waals surface area contributed by atoms with Gasteiger partial charge in [-0.3, -0.25) is 10.1 Å². The molecule has 3 rings (SSSR count). The number of carbonyl (C=O) groups excluding carboxylic acids is 1. The third-order valence-electron chi connectivity index (χ3n) is 4.37. The molecule has 0 saturated heterocycles. The zero-order valence-corrected chi connectivity index (χ0v) is 15.0. The number of rotatable bonds is 2. The van der Waals surface area contributed by atoms with Gasteiger partial charge in [-0.2, -0.15) is 0 Å². The van der Waals surface area contributed by atoms with Gasteiger partial charge in [-0.15, -0.1) is 21.5 Å². The molecule has 0 fully saturated rings. The third kappa shape index (κ3) is 3.08. The molecule has 118 valence electrons. The molecule has 1 aliphatic carbocycles. The van der Waals surface area contributed by atoms with Crippen LogP contribution in [-0.4, -0.2) is 16.1 Å². The molecule has 2 heterocycles. The van der Waals surface area contributed by atoms with E-state index < -0.39 is 0 Å². The lowest BCUT2D eigenvalue weighted by atomic mass is 9.72. The highest BCUT2D eigenvalue weighted by Gasteiger charge is 2.31. The van der Waals surface area contributed by atoms with E-state index >= 15 is 0 Å². The zero-order valence-electron chi connectivity index (χ0n) is 13.4. The highest BCUT2D eigenvalue weighted by molar-refractivity contribution is 7.15. The van der Waals surface area contributed by atoms with Gasteiger partial charge in [0.15, 0.2) is 0 Å². The van der Waals surface area contributed by atoms with Crippen molar-refractivity contribution < 1.29 is 4.79 Å². The molecular weight excluding hydrogens is 314 g/mol. The minimum absolute atomic E-state index is 0.0529. The van der Waals surface area contributed by atoms with Crippen LogP contribution in [-0.2, 0) is 12.8 Å². The first-order chi connectivity index (χ1) is 10.3. The lowest BCUT2D eigenvalue weighted by molar-refractivity contribution is 0.102. The molecule has 1 aliphatic rings. The molecule has 1 atom stereocenters. The van der Waals surface area contributed by atoms with E-state index in [1.165, 1.54) is 21.8 Å². The van der Waals surface area contributed by atoms with Gasteiger partial charge in [0.1, 0.15) is 5.01 Å². The van der Waals surface area contributed by atoms with E-state index in [9.17, 15) is 4.79 Å². The minimum atomic E-state index is -0.0529. The SMILES string of the molecule is Cc1nnc(NC(=O)c2csc3c2CCC(C(C)(C)C)C3)s1. The molecule has 22 heavy (non-hydrogen) atoms. The van der Waals surface area contributed by atoms with Crippen LogP contribution in [0.2, 0.25) is 0 Å². The van der Waals surface area contributed by atoms with E-state index in [1.807, 2.05) is 12.3 Å². The molecule has 1 amide bonds. The number of anilines is 1. The summed E-state index contributed by atoms with van der Waals surface area (Å²) >= 11 is 3.13. The standard InChI is InChI=1S/C16H21N3OS2/c1-9-18-19-15(22-9)17-14(20)12-8-21-13-7-10(16(2,3)4)5-6-11(12)13/h8,10H,5-7H2,1-4H3,(H,17,19,20). The highest BCUT2D eigenvalue weighted by Crippen LogP contribution is 2.40. The van der Waals surface area contributed by atoms with Crippen molar-refractivity contribution in [2.75, 3.05) is 5.32 Å². The molecule has 0 radical (unpaired) electrons. The lowest BCUT2D eigenvalue weighted by Gasteiger charge is -2.34. The Morgan fingerprint density at radius 3 is 2.77 bits per heavy atom. The molecular formula is C16H21N3OS2. The van der Waals surface area contributed by atoms with Gasteiger partial charge < -0.3 is 0 Å². The van der Waals surface area contributed by atoms with Crippen LogP contribution < -0.4 is 5.32 Å². The Morgan fingerprint density at radius 1 is 1.36 bits per heavy atom. The summed E-state index contributed by atoms with van der Waals surface area (Å²) in [5.41, 5.74) is 2.39. The van der Waals surface area contributed by atoms with E-state index in [0.29, 0.717) is 16.5 Å². The average molecular weight is 335 g/mol. The number of fused-ring (bicyclic) bond motifs is 1. The second-order valence-electron chi connectivity index (χ2n) is 6.94. The smallest absolute Gasteiger partial charge is 0.258 e. The predicted molar refractivity (Wildman–Crippen MR) is 91.9 cm³/mol. The first kappa shape index (κ1) is 15.6. The van der Waals surface area contributed by atoms with E-state index in [4.69, 9.17) is 0 Å². The summed E-state index contributed by atoms with van der Waals surface area (Å²) in [5.74, 6) is 0.642. The van der Waals surface area contributed by atoms with Crippen LogP contribution >= 0.6 is 22.7 Å². The Morgan fingerprint density at radius 2 is 2.14 bits per heavy atom. The second kappa shape index (κ2) is 5.74. The van der Waals surface area contributed by atoms with Crippen molar-refractivity contribution in [3.05, 3.63) is 26.4 Å². The molecule has 2 aromatic heterocycles. The summed E-state index contributed by atoms with van der Waals surface area (Å²) < 4.78 is 0. The lowest BCUT2D eigenvalue weighted by Crippen LogP contribution is -2.27. The van der Waals surface area contributed by atoms with Gasteiger partial charge in [0.05, 0.1) is 5.56 Å². The van der Waals surface area contributed by atoms with Gasteiger partial charge in [0, 0.05) is 10.3 Å². The van der Waals surface area contributed by atoms with Crippen LogP contribution in [0.25, 0.3) is 0 Å². The molecule has 2 aromatic rings. The first-order valence-electron chi connectivity index (χ1n) is 7.55. The summed E-state index contributed by atoms with van der Waals surface area (Å²) in [6, 6.07) is 0. The van der Waals surface area contributed by atoms with E-state index in [0.717, 1.165) is 29.8 Å². The molecule has 0 bridgehead atoms. The van der Waals surface area contributed by atoms with E-state index in [-0.39, 0.29) is 5.91 Å². The predicted octanol–water partition coefficient (Wildman–Crippen LogP) is 4.31. The number of nitrogens with one attached hydrogen (secondary N) is 1. The fourth-order valence-electron chi connectivity index (χ4n) is 2.95. The molecule has 0 aliphatic heterocycles. The fraction of sp³-hybridized carbons (Fsp3) is 0.562. The van der Waals surface area contributed by atoms with Crippen LogP contribution in [0.15, 0.2) is 5.38 Å². The average Bonchev–Trinajstić information content (AvgIpc) is 3.03. The van der Waals surface area contributed by atoms with Crippen molar-refractivity contribution in [1.29, 1.82) is 0 Å². The monoisotopic (exact) mass is 335 g/mol. The van der Waals surface area contributed by atoms with Crippen LogP contribution in [0.3, 0.4) is 0 Å². The number of hydrogen-bond acceptors (Lipinski definition) is 5. The Kier molecular flexibility index (Phi) is 4.07. The number of thiophene rings is 1. The van der Waals surface area contributed by atoms with Crippen molar-refractivity contribution >= 4 is 33.7 Å². The largest absolute Gasteiger partial charge is 0.296 e. The van der Waals surface area contributed by atoms with Crippen molar-refractivity contribution in [2.24, 2.45) is 11.3 Å². The van der Waals surface area contributed by atoms with Gasteiger partial charge >= 0.3 is 0 Å². The van der Waals surface area contributed by atoms with E-state index in [1.54, 1.807) is 11.3 Å². The van der Waals surface area contributed by atoms with Crippen molar-refractivity contribution in [3.63, 3.8) is 0 Å². The zero-order chi connectivity index (χ0) is 15.9. The Hall–Kier alpha value is -1.27. The number of aryl methyl sites for hydroxylation is 1. The third-order valence-corrected chi connectivity index (χ3v) is 6.18. The Labute approximate surface area is 139 Å². The van der Waals surface area contributed by atoms with Crippen LogP contribution in [0.4, 0.5) is 5.13 Å². The normalized spacial score (nSPS) is 18.1. The summed E-state index contributed by atoms with van der Waals surface area (Å²) in [4.78, 5) is 13.8. The highest BCUT2D eigenvalue weighted by atomic mass is 32.1. The molecule has 0 aromatic carbocycles. The maximum Gasteiger partial charge on any atom is 0.258 e. The van der Waals surface area contributed by atoms with E-state index in [2.05, 4.69) is 36.3 Å².